The van der Waals surface area contributed by atoms with Gasteiger partial charge in [-0.2, -0.15) is 5.10 Å². The van der Waals surface area contributed by atoms with E-state index >= 15 is 0 Å². The van der Waals surface area contributed by atoms with E-state index in [-0.39, 0.29) is 11.4 Å². The molecule has 1 amide bonds. The molecule has 2 aliphatic rings. The van der Waals surface area contributed by atoms with Crippen molar-refractivity contribution in [2.45, 2.75) is 37.3 Å². The van der Waals surface area contributed by atoms with Gasteiger partial charge >= 0.3 is 0 Å². The van der Waals surface area contributed by atoms with Crippen LogP contribution in [0.15, 0.2) is 36.5 Å². The van der Waals surface area contributed by atoms with Crippen molar-refractivity contribution in [1.29, 1.82) is 0 Å². The summed E-state index contributed by atoms with van der Waals surface area (Å²) in [5.74, 6) is -0.116. The van der Waals surface area contributed by atoms with Crippen LogP contribution >= 0.6 is 11.6 Å². The lowest BCUT2D eigenvalue weighted by Crippen LogP contribution is -2.35. The summed E-state index contributed by atoms with van der Waals surface area (Å²) in [4.78, 5) is 12.6. The number of carbonyl (C=O) groups is 1. The predicted molar refractivity (Wildman–Crippen MR) is 93.2 cm³/mol. The van der Waals surface area contributed by atoms with Crippen molar-refractivity contribution in [2.24, 2.45) is 0 Å². The smallest absolute Gasteiger partial charge is 0.272 e. The summed E-state index contributed by atoms with van der Waals surface area (Å²) in [6, 6.07) is 9.87. The van der Waals surface area contributed by atoms with E-state index in [1.54, 1.807) is 6.07 Å². The number of nitrogens with zero attached hydrogens (tertiary/aromatic N) is 2. The Bertz CT molecular complexity index is 747. The predicted octanol–water partition coefficient (Wildman–Crippen LogP) is 2.88. The number of nitrogens with one attached hydrogen (secondary N) is 2. The zero-order valence-corrected chi connectivity index (χ0v) is 14.2. The highest BCUT2D eigenvalue weighted by Gasteiger charge is 2.46. The van der Waals surface area contributed by atoms with Gasteiger partial charge in [0.25, 0.3) is 5.91 Å². The van der Waals surface area contributed by atoms with Gasteiger partial charge in [0.15, 0.2) is 0 Å². The van der Waals surface area contributed by atoms with Gasteiger partial charge in [0, 0.05) is 17.8 Å². The molecule has 24 heavy (non-hydrogen) atoms. The van der Waals surface area contributed by atoms with Gasteiger partial charge in [-0.15, -0.1) is 0 Å². The Morgan fingerprint density at radius 2 is 2.25 bits per heavy atom. The van der Waals surface area contributed by atoms with Crippen LogP contribution in [0.4, 0.5) is 0 Å². The summed E-state index contributed by atoms with van der Waals surface area (Å²) in [6.07, 6.45) is 6.02. The molecular weight excluding hydrogens is 324 g/mol. The van der Waals surface area contributed by atoms with Crippen LogP contribution in [0.1, 0.15) is 47.8 Å². The largest absolute Gasteiger partial charge is 0.341 e. The van der Waals surface area contributed by atoms with Gasteiger partial charge in [0.1, 0.15) is 5.69 Å². The third-order valence-electron chi connectivity index (χ3n) is 4.97. The quantitative estimate of drug-likeness (QED) is 0.896. The lowest BCUT2D eigenvalue weighted by molar-refractivity contribution is 0.0924. The maximum Gasteiger partial charge on any atom is 0.272 e. The Morgan fingerprint density at radius 3 is 2.96 bits per heavy atom. The number of hydrogen-bond donors (Lipinski definition) is 2. The van der Waals surface area contributed by atoms with Gasteiger partial charge in [-0.3, -0.25) is 9.48 Å². The van der Waals surface area contributed by atoms with Crippen LogP contribution in [0.2, 0.25) is 5.02 Å². The molecule has 1 aromatic carbocycles. The first-order valence-corrected chi connectivity index (χ1v) is 8.89. The highest BCUT2D eigenvalue weighted by atomic mass is 35.5. The molecule has 126 valence electrons. The second-order valence-electron chi connectivity index (χ2n) is 6.73. The van der Waals surface area contributed by atoms with E-state index in [4.69, 9.17) is 11.6 Å². The topological polar surface area (TPSA) is 59.0 Å². The minimum absolute atomic E-state index is 0.116. The van der Waals surface area contributed by atoms with Gasteiger partial charge in [-0.05, 0) is 56.0 Å². The van der Waals surface area contributed by atoms with Gasteiger partial charge in [-0.1, -0.05) is 23.7 Å². The molecule has 2 aromatic rings. The van der Waals surface area contributed by atoms with Crippen LogP contribution in [0.5, 0.6) is 0 Å². The van der Waals surface area contributed by atoms with Crippen LogP contribution in [0, 0.1) is 0 Å². The molecule has 0 radical (unpaired) electrons. The van der Waals surface area contributed by atoms with E-state index in [0.29, 0.717) is 16.8 Å². The van der Waals surface area contributed by atoms with Crippen molar-refractivity contribution < 1.29 is 4.79 Å². The van der Waals surface area contributed by atoms with Crippen molar-refractivity contribution in [1.82, 2.24) is 20.4 Å². The number of aromatic nitrogens is 2. The zero-order chi connectivity index (χ0) is 16.6. The van der Waals surface area contributed by atoms with E-state index in [2.05, 4.69) is 15.7 Å². The molecule has 5 nitrogen and oxygen atoms in total. The van der Waals surface area contributed by atoms with Crippen LogP contribution < -0.4 is 10.6 Å². The van der Waals surface area contributed by atoms with E-state index in [9.17, 15) is 4.79 Å². The average Bonchev–Trinajstić information content (AvgIpc) is 3.21. The second kappa shape index (κ2) is 6.22. The Morgan fingerprint density at radius 1 is 1.38 bits per heavy atom. The Hall–Kier alpha value is -1.85. The fraction of sp³-hybridized carbons (Fsp3) is 0.444. The summed E-state index contributed by atoms with van der Waals surface area (Å²) in [5, 5.41) is 11.7. The van der Waals surface area contributed by atoms with E-state index < -0.39 is 0 Å². The van der Waals surface area contributed by atoms with Crippen molar-refractivity contribution in [2.75, 3.05) is 13.1 Å². The minimum atomic E-state index is -0.280. The molecule has 2 heterocycles. The maximum absolute atomic E-state index is 12.6. The number of halogens is 1. The first-order chi connectivity index (χ1) is 11.7. The standard InChI is InChI=1S/C18H21ClN4O/c19-14-4-1-3-13(11-14)18(7-8-18)21-17(24)16-6-10-23(22-16)15-5-2-9-20-12-15/h1,3-4,6,10-11,15,20H,2,5,7-9,12H2,(H,21,24). The fourth-order valence-electron chi connectivity index (χ4n) is 3.40. The highest BCUT2D eigenvalue weighted by molar-refractivity contribution is 6.30. The zero-order valence-electron chi connectivity index (χ0n) is 13.5. The van der Waals surface area contributed by atoms with Crippen molar-refractivity contribution in [3.63, 3.8) is 0 Å². The van der Waals surface area contributed by atoms with Crippen LogP contribution in [-0.2, 0) is 5.54 Å². The van der Waals surface area contributed by atoms with E-state index in [1.165, 1.54) is 0 Å². The summed E-state index contributed by atoms with van der Waals surface area (Å²) in [7, 11) is 0. The minimum Gasteiger partial charge on any atom is -0.341 e. The maximum atomic E-state index is 12.6. The molecule has 2 N–H and O–H groups in total. The van der Waals surface area contributed by atoms with Crippen LogP contribution in [0.3, 0.4) is 0 Å². The molecule has 4 rings (SSSR count). The SMILES string of the molecule is O=C(NC1(c2cccc(Cl)c2)CC1)c1ccn(C2CCCNC2)n1. The first-order valence-electron chi connectivity index (χ1n) is 8.51. The van der Waals surface area contributed by atoms with Crippen molar-refractivity contribution in [3.8, 4) is 0 Å². The van der Waals surface area contributed by atoms with Gasteiger partial charge < -0.3 is 10.6 Å². The molecule has 0 bridgehead atoms. The third kappa shape index (κ3) is 3.06. The molecule has 2 fully saturated rings. The van der Waals surface area contributed by atoms with Crippen molar-refractivity contribution in [3.05, 3.63) is 52.8 Å². The molecule has 1 saturated heterocycles. The lowest BCUT2D eigenvalue weighted by atomic mass is 10.0. The Kier molecular flexibility index (Phi) is 4.06. The molecule has 1 atom stereocenters. The van der Waals surface area contributed by atoms with Gasteiger partial charge in [0.05, 0.1) is 11.6 Å². The van der Waals surface area contributed by atoms with E-state index in [1.807, 2.05) is 35.1 Å². The lowest BCUT2D eigenvalue weighted by Gasteiger charge is -2.23. The molecular formula is C18H21ClN4O. The van der Waals surface area contributed by atoms with Crippen LogP contribution in [0.25, 0.3) is 0 Å². The molecule has 1 aliphatic heterocycles. The number of piperidine rings is 1. The molecule has 1 saturated carbocycles. The fourth-order valence-corrected chi connectivity index (χ4v) is 3.59. The van der Waals surface area contributed by atoms with Crippen LogP contribution in [-0.4, -0.2) is 28.8 Å². The molecule has 0 spiro atoms. The summed E-state index contributed by atoms with van der Waals surface area (Å²) in [6.45, 7) is 1.97. The second-order valence-corrected chi connectivity index (χ2v) is 7.16. The Balaban J connectivity index is 1.47. The number of benzene rings is 1. The molecule has 1 aliphatic carbocycles. The molecule has 6 heteroatoms. The van der Waals surface area contributed by atoms with Gasteiger partial charge in [0.2, 0.25) is 0 Å². The van der Waals surface area contributed by atoms with Gasteiger partial charge in [-0.25, -0.2) is 0 Å². The Labute approximate surface area is 146 Å². The third-order valence-corrected chi connectivity index (χ3v) is 5.20. The van der Waals surface area contributed by atoms with E-state index in [0.717, 1.165) is 44.3 Å². The summed E-state index contributed by atoms with van der Waals surface area (Å²) < 4.78 is 1.92. The summed E-state index contributed by atoms with van der Waals surface area (Å²) in [5.41, 5.74) is 1.27. The summed E-state index contributed by atoms with van der Waals surface area (Å²) >= 11 is 6.09. The molecule has 1 aromatic heterocycles. The number of amides is 1. The normalized spacial score (nSPS) is 22.1. The molecule has 1 unspecified atom stereocenters. The monoisotopic (exact) mass is 344 g/mol. The first kappa shape index (κ1) is 15.7. The average molecular weight is 345 g/mol. The number of carbonyl (C=O) groups excluding carboxylic acids is 1. The highest BCUT2D eigenvalue weighted by Crippen LogP contribution is 2.46. The number of hydrogen-bond acceptors (Lipinski definition) is 3. The van der Waals surface area contributed by atoms with Crippen molar-refractivity contribution >= 4 is 17.5 Å². The number of rotatable bonds is 4.